The Kier molecular flexibility index (Phi) is 5.15. The van der Waals surface area contributed by atoms with Crippen molar-refractivity contribution in [2.24, 2.45) is 5.73 Å². The first kappa shape index (κ1) is 15.7. The Morgan fingerprint density at radius 1 is 1.19 bits per heavy atom. The van der Waals surface area contributed by atoms with Gasteiger partial charge in [-0.25, -0.2) is 8.78 Å². The molecular weight excluding hydrogens is 296 g/mol. The standard InChI is InChI=1S/C16H16ClF2NO/c1-2-6-21-11-5-3-4-10(7-11)16(20)12-8-14(18)15(19)9-13(12)17/h3-5,7-9,16H,2,6,20H2,1H3. The van der Waals surface area contributed by atoms with Gasteiger partial charge in [0, 0.05) is 5.02 Å². The van der Waals surface area contributed by atoms with E-state index in [9.17, 15) is 8.78 Å². The molecule has 112 valence electrons. The van der Waals surface area contributed by atoms with Crippen LogP contribution in [0.1, 0.15) is 30.5 Å². The average Bonchev–Trinajstić information content (AvgIpc) is 2.48. The number of rotatable bonds is 5. The molecule has 1 unspecified atom stereocenters. The molecule has 2 rings (SSSR count). The molecule has 0 bridgehead atoms. The molecule has 0 aliphatic rings. The van der Waals surface area contributed by atoms with Gasteiger partial charge in [-0.1, -0.05) is 30.7 Å². The molecule has 21 heavy (non-hydrogen) atoms. The zero-order valence-corrected chi connectivity index (χ0v) is 12.3. The van der Waals surface area contributed by atoms with Crippen LogP contribution in [0.25, 0.3) is 0 Å². The second-order valence-corrected chi connectivity index (χ2v) is 5.09. The highest BCUT2D eigenvalue weighted by Gasteiger charge is 2.16. The molecule has 0 saturated heterocycles. The Labute approximate surface area is 127 Å². The largest absolute Gasteiger partial charge is 0.494 e. The molecule has 0 aliphatic heterocycles. The summed E-state index contributed by atoms with van der Waals surface area (Å²) in [7, 11) is 0. The third kappa shape index (κ3) is 3.71. The van der Waals surface area contributed by atoms with Crippen molar-refractivity contribution in [2.45, 2.75) is 19.4 Å². The van der Waals surface area contributed by atoms with Gasteiger partial charge in [-0.2, -0.15) is 0 Å². The van der Waals surface area contributed by atoms with Gasteiger partial charge in [0.2, 0.25) is 0 Å². The van der Waals surface area contributed by atoms with E-state index in [4.69, 9.17) is 22.1 Å². The van der Waals surface area contributed by atoms with Crippen molar-refractivity contribution in [1.29, 1.82) is 0 Å². The fraction of sp³-hybridized carbons (Fsp3) is 0.250. The van der Waals surface area contributed by atoms with Gasteiger partial charge in [0.1, 0.15) is 5.75 Å². The summed E-state index contributed by atoms with van der Waals surface area (Å²) in [6, 6.07) is 8.50. The lowest BCUT2D eigenvalue weighted by atomic mass is 9.99. The van der Waals surface area contributed by atoms with Crippen molar-refractivity contribution in [3.05, 3.63) is 64.2 Å². The molecule has 5 heteroatoms. The summed E-state index contributed by atoms with van der Waals surface area (Å²) in [5.74, 6) is -1.28. The van der Waals surface area contributed by atoms with Crippen molar-refractivity contribution in [2.75, 3.05) is 6.61 Å². The van der Waals surface area contributed by atoms with E-state index in [-0.39, 0.29) is 5.02 Å². The van der Waals surface area contributed by atoms with E-state index < -0.39 is 17.7 Å². The van der Waals surface area contributed by atoms with Crippen LogP contribution in [0, 0.1) is 11.6 Å². The van der Waals surface area contributed by atoms with Gasteiger partial charge in [-0.3, -0.25) is 0 Å². The van der Waals surface area contributed by atoms with E-state index in [2.05, 4.69) is 0 Å². The predicted molar refractivity (Wildman–Crippen MR) is 79.6 cm³/mol. The van der Waals surface area contributed by atoms with E-state index in [1.54, 1.807) is 18.2 Å². The Bertz CT molecular complexity index is 634. The second kappa shape index (κ2) is 6.87. The third-order valence-electron chi connectivity index (χ3n) is 3.06. The third-order valence-corrected chi connectivity index (χ3v) is 3.39. The Morgan fingerprint density at radius 2 is 1.90 bits per heavy atom. The summed E-state index contributed by atoms with van der Waals surface area (Å²) < 4.78 is 32.0. The maximum absolute atomic E-state index is 13.4. The van der Waals surface area contributed by atoms with E-state index in [1.165, 1.54) is 0 Å². The zero-order valence-electron chi connectivity index (χ0n) is 11.6. The van der Waals surface area contributed by atoms with Crippen LogP contribution in [0.5, 0.6) is 5.75 Å². The number of hydrogen-bond donors (Lipinski definition) is 1. The molecule has 2 aromatic rings. The van der Waals surface area contributed by atoms with Crippen molar-refractivity contribution < 1.29 is 13.5 Å². The molecule has 0 aromatic heterocycles. The minimum atomic E-state index is -0.990. The lowest BCUT2D eigenvalue weighted by Gasteiger charge is -2.16. The van der Waals surface area contributed by atoms with E-state index in [1.807, 2.05) is 13.0 Å². The molecule has 1 atom stereocenters. The average molecular weight is 312 g/mol. The molecule has 0 saturated carbocycles. The van der Waals surface area contributed by atoms with Gasteiger partial charge in [-0.15, -0.1) is 0 Å². The Balaban J connectivity index is 2.31. The van der Waals surface area contributed by atoms with Crippen LogP contribution in [0.4, 0.5) is 8.78 Å². The fourth-order valence-electron chi connectivity index (χ4n) is 1.97. The van der Waals surface area contributed by atoms with Crippen molar-refractivity contribution in [3.8, 4) is 5.75 Å². The maximum atomic E-state index is 13.4. The molecule has 2 N–H and O–H groups in total. The molecule has 0 aliphatic carbocycles. The molecule has 0 heterocycles. The molecular formula is C16H16ClF2NO. The molecule has 0 amide bonds. The van der Waals surface area contributed by atoms with Gasteiger partial charge in [-0.05, 0) is 41.8 Å². The van der Waals surface area contributed by atoms with Crippen LogP contribution in [0.2, 0.25) is 5.02 Å². The first-order chi connectivity index (χ1) is 10.0. The van der Waals surface area contributed by atoms with Gasteiger partial charge < -0.3 is 10.5 Å². The minimum absolute atomic E-state index is 0.0984. The number of benzene rings is 2. The Morgan fingerprint density at radius 3 is 2.62 bits per heavy atom. The van der Waals surface area contributed by atoms with Crippen molar-refractivity contribution in [3.63, 3.8) is 0 Å². The monoisotopic (exact) mass is 311 g/mol. The highest BCUT2D eigenvalue weighted by molar-refractivity contribution is 6.31. The summed E-state index contributed by atoms with van der Waals surface area (Å²) in [5.41, 5.74) is 7.16. The highest BCUT2D eigenvalue weighted by Crippen LogP contribution is 2.30. The van der Waals surface area contributed by atoms with Crippen LogP contribution in [-0.4, -0.2) is 6.61 Å². The predicted octanol–water partition coefficient (Wildman–Crippen LogP) is 4.46. The topological polar surface area (TPSA) is 35.2 Å². The molecule has 0 spiro atoms. The number of ether oxygens (including phenoxy) is 1. The van der Waals surface area contributed by atoms with Crippen molar-refractivity contribution >= 4 is 11.6 Å². The SMILES string of the molecule is CCCOc1cccc(C(N)c2cc(F)c(F)cc2Cl)c1. The Hall–Kier alpha value is -1.65. The van der Waals surface area contributed by atoms with Crippen LogP contribution < -0.4 is 10.5 Å². The van der Waals surface area contributed by atoms with Crippen molar-refractivity contribution in [1.82, 2.24) is 0 Å². The highest BCUT2D eigenvalue weighted by atomic mass is 35.5. The van der Waals surface area contributed by atoms with Crippen LogP contribution in [-0.2, 0) is 0 Å². The summed E-state index contributed by atoms with van der Waals surface area (Å²) in [5, 5.41) is 0.0984. The summed E-state index contributed by atoms with van der Waals surface area (Å²) in [4.78, 5) is 0. The smallest absolute Gasteiger partial charge is 0.160 e. The fourth-order valence-corrected chi connectivity index (χ4v) is 2.24. The van der Waals surface area contributed by atoms with Gasteiger partial charge in [0.15, 0.2) is 11.6 Å². The first-order valence-electron chi connectivity index (χ1n) is 6.65. The molecule has 0 radical (unpaired) electrons. The number of hydrogen-bond acceptors (Lipinski definition) is 2. The van der Waals surface area contributed by atoms with Gasteiger partial charge >= 0.3 is 0 Å². The maximum Gasteiger partial charge on any atom is 0.160 e. The number of halogens is 3. The van der Waals surface area contributed by atoms with Gasteiger partial charge in [0.25, 0.3) is 0 Å². The van der Waals surface area contributed by atoms with Crippen LogP contribution in [0.15, 0.2) is 36.4 Å². The van der Waals surface area contributed by atoms with Gasteiger partial charge in [0.05, 0.1) is 12.6 Å². The molecule has 2 aromatic carbocycles. The van der Waals surface area contributed by atoms with Crippen LogP contribution >= 0.6 is 11.6 Å². The van der Waals surface area contributed by atoms with E-state index in [0.29, 0.717) is 17.9 Å². The second-order valence-electron chi connectivity index (χ2n) is 4.69. The summed E-state index contributed by atoms with van der Waals surface area (Å²) in [6.07, 6.45) is 0.894. The molecule has 2 nitrogen and oxygen atoms in total. The zero-order chi connectivity index (χ0) is 15.4. The normalized spacial score (nSPS) is 12.2. The lowest BCUT2D eigenvalue weighted by Crippen LogP contribution is -2.13. The number of nitrogens with two attached hydrogens (primary N) is 1. The molecule has 0 fully saturated rings. The first-order valence-corrected chi connectivity index (χ1v) is 7.03. The minimum Gasteiger partial charge on any atom is -0.494 e. The van der Waals surface area contributed by atoms with E-state index in [0.717, 1.165) is 24.1 Å². The summed E-state index contributed by atoms with van der Waals surface area (Å²) >= 11 is 5.95. The quantitative estimate of drug-likeness (QED) is 0.828. The van der Waals surface area contributed by atoms with Crippen LogP contribution in [0.3, 0.4) is 0 Å². The summed E-state index contributed by atoms with van der Waals surface area (Å²) in [6.45, 7) is 2.61. The van der Waals surface area contributed by atoms with E-state index >= 15 is 0 Å². The lowest BCUT2D eigenvalue weighted by molar-refractivity contribution is 0.317.